The molecule has 0 aliphatic rings. The van der Waals surface area contributed by atoms with Crippen molar-refractivity contribution >= 4 is 5.69 Å². The SMILES string of the molecule is Cc1cc(OCc2ccnc(C#N)c2)c(F)cc1[N+](=O)[O-]. The van der Waals surface area contributed by atoms with Gasteiger partial charge in [-0.25, -0.2) is 9.37 Å². The zero-order valence-corrected chi connectivity index (χ0v) is 11.0. The van der Waals surface area contributed by atoms with Crippen LogP contribution in [0, 0.1) is 34.2 Å². The number of halogens is 1. The van der Waals surface area contributed by atoms with Crippen LogP contribution in [0.25, 0.3) is 0 Å². The van der Waals surface area contributed by atoms with Crippen LogP contribution in [0.4, 0.5) is 10.1 Å². The molecule has 1 aromatic carbocycles. The molecular formula is C14H10FN3O3. The molecule has 0 saturated carbocycles. The topological polar surface area (TPSA) is 89.0 Å². The van der Waals surface area contributed by atoms with Gasteiger partial charge in [-0.3, -0.25) is 10.1 Å². The number of ether oxygens (including phenoxy) is 1. The summed E-state index contributed by atoms with van der Waals surface area (Å²) in [6, 6.07) is 7.16. The molecule has 0 fully saturated rings. The summed E-state index contributed by atoms with van der Waals surface area (Å²) in [7, 11) is 0. The van der Waals surface area contributed by atoms with Crippen molar-refractivity contribution in [3.8, 4) is 11.8 Å². The highest BCUT2D eigenvalue weighted by Gasteiger charge is 2.16. The van der Waals surface area contributed by atoms with Gasteiger partial charge in [-0.1, -0.05) is 0 Å². The predicted molar refractivity (Wildman–Crippen MR) is 71.1 cm³/mol. The maximum absolute atomic E-state index is 13.7. The fourth-order valence-electron chi connectivity index (χ4n) is 1.74. The number of hydrogen-bond acceptors (Lipinski definition) is 5. The monoisotopic (exact) mass is 287 g/mol. The van der Waals surface area contributed by atoms with Crippen LogP contribution in [-0.4, -0.2) is 9.91 Å². The van der Waals surface area contributed by atoms with Crippen molar-refractivity contribution < 1.29 is 14.1 Å². The summed E-state index contributed by atoms with van der Waals surface area (Å²) in [4.78, 5) is 13.9. The fourth-order valence-corrected chi connectivity index (χ4v) is 1.74. The molecule has 106 valence electrons. The molecule has 0 amide bonds. The van der Waals surface area contributed by atoms with Crippen LogP contribution in [-0.2, 0) is 6.61 Å². The molecule has 0 N–H and O–H groups in total. The molecule has 0 aliphatic carbocycles. The lowest BCUT2D eigenvalue weighted by Crippen LogP contribution is -2.00. The molecule has 0 atom stereocenters. The summed E-state index contributed by atoms with van der Waals surface area (Å²) in [5, 5.41) is 19.4. The van der Waals surface area contributed by atoms with Crippen molar-refractivity contribution in [3.63, 3.8) is 0 Å². The molecule has 21 heavy (non-hydrogen) atoms. The van der Waals surface area contributed by atoms with Crippen LogP contribution in [0.1, 0.15) is 16.8 Å². The lowest BCUT2D eigenvalue weighted by Gasteiger charge is -2.08. The van der Waals surface area contributed by atoms with E-state index >= 15 is 0 Å². The molecule has 1 heterocycles. The van der Waals surface area contributed by atoms with E-state index in [2.05, 4.69) is 4.98 Å². The van der Waals surface area contributed by atoms with Crippen molar-refractivity contribution in [2.45, 2.75) is 13.5 Å². The van der Waals surface area contributed by atoms with E-state index in [9.17, 15) is 14.5 Å². The average Bonchev–Trinajstić information content (AvgIpc) is 2.47. The van der Waals surface area contributed by atoms with Gasteiger partial charge >= 0.3 is 0 Å². The number of pyridine rings is 1. The lowest BCUT2D eigenvalue weighted by atomic mass is 10.2. The first-order chi connectivity index (χ1) is 10.0. The van der Waals surface area contributed by atoms with Crippen LogP contribution in [0.5, 0.6) is 5.75 Å². The number of nitriles is 1. The highest BCUT2D eigenvalue weighted by atomic mass is 19.1. The Morgan fingerprint density at radius 3 is 2.90 bits per heavy atom. The van der Waals surface area contributed by atoms with Crippen molar-refractivity contribution in [1.29, 1.82) is 5.26 Å². The standard InChI is InChI=1S/C14H10FN3O3/c1-9-4-14(12(15)6-13(9)18(19)20)21-8-10-2-3-17-11(5-10)7-16/h2-6H,8H2,1H3. The number of nitro groups is 1. The van der Waals surface area contributed by atoms with Crippen LogP contribution in [0.15, 0.2) is 30.5 Å². The number of nitro benzene ring substituents is 1. The molecule has 0 saturated heterocycles. The second kappa shape index (κ2) is 5.96. The van der Waals surface area contributed by atoms with Gasteiger partial charge in [0.25, 0.3) is 5.69 Å². The number of aromatic nitrogens is 1. The highest BCUT2D eigenvalue weighted by molar-refractivity contribution is 5.45. The predicted octanol–water partition coefficient (Wildman–Crippen LogP) is 2.89. The molecular weight excluding hydrogens is 277 g/mol. The van der Waals surface area contributed by atoms with E-state index in [0.29, 0.717) is 11.1 Å². The summed E-state index contributed by atoms with van der Waals surface area (Å²) < 4.78 is 19.0. The van der Waals surface area contributed by atoms with Gasteiger partial charge in [0.05, 0.1) is 11.0 Å². The van der Waals surface area contributed by atoms with E-state index in [-0.39, 0.29) is 23.7 Å². The highest BCUT2D eigenvalue weighted by Crippen LogP contribution is 2.27. The van der Waals surface area contributed by atoms with Crippen molar-refractivity contribution in [3.05, 3.63) is 63.2 Å². The van der Waals surface area contributed by atoms with E-state index in [1.54, 1.807) is 6.07 Å². The fraction of sp³-hybridized carbons (Fsp3) is 0.143. The second-order valence-corrected chi connectivity index (χ2v) is 4.28. The van der Waals surface area contributed by atoms with Gasteiger partial charge in [0.2, 0.25) is 0 Å². The molecule has 0 unspecified atom stereocenters. The third-order valence-corrected chi connectivity index (χ3v) is 2.78. The third kappa shape index (κ3) is 3.30. The largest absolute Gasteiger partial charge is 0.486 e. The summed E-state index contributed by atoms with van der Waals surface area (Å²) in [5.74, 6) is -0.879. The quantitative estimate of drug-likeness (QED) is 0.637. The Morgan fingerprint density at radius 2 is 2.24 bits per heavy atom. The number of aryl methyl sites for hydroxylation is 1. The number of hydrogen-bond donors (Lipinski definition) is 0. The molecule has 7 heteroatoms. The smallest absolute Gasteiger partial charge is 0.275 e. The van der Waals surface area contributed by atoms with Crippen LogP contribution in [0.3, 0.4) is 0 Å². The maximum atomic E-state index is 13.7. The molecule has 2 rings (SSSR count). The van der Waals surface area contributed by atoms with E-state index in [0.717, 1.165) is 6.07 Å². The third-order valence-electron chi connectivity index (χ3n) is 2.78. The lowest BCUT2D eigenvalue weighted by molar-refractivity contribution is -0.385. The maximum Gasteiger partial charge on any atom is 0.275 e. The van der Waals surface area contributed by atoms with Gasteiger partial charge in [0.1, 0.15) is 18.4 Å². The summed E-state index contributed by atoms with van der Waals surface area (Å²) in [5.41, 5.74) is 0.896. The number of benzene rings is 1. The van der Waals surface area contributed by atoms with E-state index in [4.69, 9.17) is 10.00 Å². The zero-order valence-electron chi connectivity index (χ0n) is 11.0. The van der Waals surface area contributed by atoms with Crippen molar-refractivity contribution in [2.24, 2.45) is 0 Å². The Bertz CT molecular complexity index is 741. The molecule has 0 spiro atoms. The van der Waals surface area contributed by atoms with Gasteiger partial charge in [0.15, 0.2) is 11.6 Å². The molecule has 0 radical (unpaired) electrons. The van der Waals surface area contributed by atoms with Gasteiger partial charge in [0, 0.05) is 11.8 Å². The van der Waals surface area contributed by atoms with E-state index in [1.807, 2.05) is 6.07 Å². The first-order valence-electron chi connectivity index (χ1n) is 5.93. The summed E-state index contributed by atoms with van der Waals surface area (Å²) in [6.45, 7) is 1.54. The minimum atomic E-state index is -0.804. The van der Waals surface area contributed by atoms with Crippen LogP contribution >= 0.6 is 0 Å². The average molecular weight is 287 g/mol. The van der Waals surface area contributed by atoms with E-state index < -0.39 is 10.7 Å². The first kappa shape index (κ1) is 14.4. The first-order valence-corrected chi connectivity index (χ1v) is 5.93. The summed E-state index contributed by atoms with van der Waals surface area (Å²) >= 11 is 0. The number of nitrogens with zero attached hydrogens (tertiary/aromatic N) is 3. The minimum Gasteiger partial charge on any atom is -0.486 e. The Hall–Kier alpha value is -3.01. The Kier molecular flexibility index (Phi) is 4.09. The van der Waals surface area contributed by atoms with Crippen molar-refractivity contribution in [1.82, 2.24) is 4.98 Å². The number of rotatable bonds is 4. The molecule has 1 aromatic heterocycles. The molecule has 2 aromatic rings. The van der Waals surface area contributed by atoms with Gasteiger partial charge < -0.3 is 4.74 Å². The Morgan fingerprint density at radius 1 is 1.48 bits per heavy atom. The minimum absolute atomic E-state index is 0.0331. The molecule has 0 aliphatic heterocycles. The van der Waals surface area contributed by atoms with Crippen LogP contribution < -0.4 is 4.74 Å². The van der Waals surface area contributed by atoms with Crippen molar-refractivity contribution in [2.75, 3.05) is 0 Å². The zero-order chi connectivity index (χ0) is 15.4. The summed E-state index contributed by atoms with van der Waals surface area (Å²) in [6.07, 6.45) is 1.45. The van der Waals surface area contributed by atoms with Gasteiger partial charge in [-0.15, -0.1) is 0 Å². The second-order valence-electron chi connectivity index (χ2n) is 4.28. The van der Waals surface area contributed by atoms with E-state index in [1.165, 1.54) is 25.3 Å². The molecule has 0 bridgehead atoms. The van der Waals surface area contributed by atoms with Crippen LogP contribution in [0.2, 0.25) is 0 Å². The Labute approximate surface area is 119 Å². The Balaban J connectivity index is 2.19. The normalized spacial score (nSPS) is 9.95. The van der Waals surface area contributed by atoms with Gasteiger partial charge in [-0.05, 0) is 30.7 Å². The molecule has 6 nitrogen and oxygen atoms in total. The van der Waals surface area contributed by atoms with Gasteiger partial charge in [-0.2, -0.15) is 5.26 Å².